The van der Waals surface area contributed by atoms with Gasteiger partial charge < -0.3 is 5.32 Å². The minimum Gasteiger partial charge on any atom is -0.381 e. The molecule has 0 saturated heterocycles. The lowest BCUT2D eigenvalue weighted by Gasteiger charge is -2.20. The molecule has 0 amide bonds. The molecular weight excluding hydrogens is 331 g/mol. The molecule has 0 aromatic heterocycles. The molecule has 0 heterocycles. The van der Waals surface area contributed by atoms with Crippen molar-refractivity contribution >= 4 is 21.6 Å². The van der Waals surface area contributed by atoms with E-state index in [1.54, 1.807) is 0 Å². The molecule has 20 heavy (non-hydrogen) atoms. The zero-order chi connectivity index (χ0) is 14.8. The van der Waals surface area contributed by atoms with Gasteiger partial charge in [-0.1, -0.05) is 19.8 Å². The molecular formula is C15H19BrF3N. The van der Waals surface area contributed by atoms with Crippen LogP contribution in [0.15, 0.2) is 22.7 Å². The summed E-state index contributed by atoms with van der Waals surface area (Å²) in [7, 11) is 0. The molecule has 1 fully saturated rings. The van der Waals surface area contributed by atoms with Crippen molar-refractivity contribution in [2.45, 2.75) is 51.2 Å². The molecule has 2 rings (SSSR count). The van der Waals surface area contributed by atoms with E-state index in [1.807, 2.05) is 0 Å². The van der Waals surface area contributed by atoms with Gasteiger partial charge in [-0.25, -0.2) is 0 Å². The highest BCUT2D eigenvalue weighted by Gasteiger charge is 2.31. The van der Waals surface area contributed by atoms with Crippen LogP contribution in [-0.4, -0.2) is 6.04 Å². The second-order valence-electron chi connectivity index (χ2n) is 5.65. The summed E-state index contributed by atoms with van der Waals surface area (Å²) in [5.41, 5.74) is -0.0652. The largest absolute Gasteiger partial charge is 0.416 e. The van der Waals surface area contributed by atoms with Crippen LogP contribution in [0.2, 0.25) is 0 Å². The van der Waals surface area contributed by atoms with E-state index in [4.69, 9.17) is 0 Å². The van der Waals surface area contributed by atoms with Crippen LogP contribution >= 0.6 is 15.9 Å². The Morgan fingerprint density at radius 3 is 2.60 bits per heavy atom. The standard InChI is InChI=1S/C15H19BrF3N/c1-10-3-2-4-12(7-5-10)20-14-9-11(15(17,18)19)6-8-13(14)16/h6,8-10,12,20H,2-5,7H2,1H3. The molecule has 2 atom stereocenters. The molecule has 0 spiro atoms. The van der Waals surface area contributed by atoms with Crippen LogP contribution in [0.1, 0.15) is 44.6 Å². The number of nitrogens with one attached hydrogen (secondary N) is 1. The van der Waals surface area contributed by atoms with E-state index < -0.39 is 11.7 Å². The first-order valence-corrected chi connectivity index (χ1v) is 7.79. The summed E-state index contributed by atoms with van der Waals surface area (Å²) in [6.45, 7) is 2.24. The summed E-state index contributed by atoms with van der Waals surface area (Å²) in [6, 6.07) is 4.02. The Balaban J connectivity index is 2.12. The quantitative estimate of drug-likeness (QED) is 0.660. The maximum atomic E-state index is 12.8. The zero-order valence-electron chi connectivity index (χ0n) is 11.4. The number of anilines is 1. The minimum absolute atomic E-state index is 0.264. The van der Waals surface area contributed by atoms with Gasteiger partial charge in [0.25, 0.3) is 0 Å². The van der Waals surface area contributed by atoms with Gasteiger partial charge in [-0.3, -0.25) is 0 Å². The van der Waals surface area contributed by atoms with E-state index in [9.17, 15) is 13.2 Å². The molecule has 1 saturated carbocycles. The Hall–Kier alpha value is -0.710. The van der Waals surface area contributed by atoms with Gasteiger partial charge in [0.2, 0.25) is 0 Å². The number of hydrogen-bond acceptors (Lipinski definition) is 1. The average Bonchev–Trinajstić information content (AvgIpc) is 2.56. The topological polar surface area (TPSA) is 12.0 Å². The molecule has 2 unspecified atom stereocenters. The fourth-order valence-electron chi connectivity index (χ4n) is 2.66. The Morgan fingerprint density at radius 2 is 1.90 bits per heavy atom. The van der Waals surface area contributed by atoms with Gasteiger partial charge in [0.15, 0.2) is 0 Å². The van der Waals surface area contributed by atoms with E-state index in [-0.39, 0.29) is 6.04 Å². The molecule has 5 heteroatoms. The third kappa shape index (κ3) is 4.14. The Bertz CT molecular complexity index is 459. The minimum atomic E-state index is -4.30. The molecule has 1 aliphatic rings. The first kappa shape index (κ1) is 15.7. The summed E-state index contributed by atoms with van der Waals surface area (Å²) in [4.78, 5) is 0. The summed E-state index contributed by atoms with van der Waals surface area (Å²) in [6.07, 6.45) is 1.22. The van der Waals surface area contributed by atoms with Crippen LogP contribution in [0.25, 0.3) is 0 Å². The van der Waals surface area contributed by atoms with Gasteiger partial charge >= 0.3 is 6.18 Å². The number of halogens is 4. The predicted molar refractivity (Wildman–Crippen MR) is 78.8 cm³/mol. The van der Waals surface area contributed by atoms with E-state index in [1.165, 1.54) is 18.6 Å². The lowest BCUT2D eigenvalue weighted by Crippen LogP contribution is -2.19. The first-order valence-electron chi connectivity index (χ1n) is 6.99. The first-order chi connectivity index (χ1) is 9.36. The van der Waals surface area contributed by atoms with E-state index in [2.05, 4.69) is 28.2 Å². The second kappa shape index (κ2) is 6.37. The Morgan fingerprint density at radius 1 is 1.15 bits per heavy atom. The fraction of sp³-hybridized carbons (Fsp3) is 0.600. The van der Waals surface area contributed by atoms with Crippen molar-refractivity contribution in [1.82, 2.24) is 0 Å². The molecule has 0 aliphatic heterocycles. The third-order valence-corrected chi connectivity index (χ3v) is 4.60. The smallest absolute Gasteiger partial charge is 0.381 e. The van der Waals surface area contributed by atoms with Gasteiger partial charge in [0.05, 0.1) is 5.56 Å². The Labute approximate surface area is 126 Å². The second-order valence-corrected chi connectivity index (χ2v) is 6.50. The van der Waals surface area contributed by atoms with Crippen molar-refractivity contribution in [3.8, 4) is 0 Å². The Kier molecular flexibility index (Phi) is 4.99. The molecule has 0 radical (unpaired) electrons. The van der Waals surface area contributed by atoms with Gasteiger partial charge in [-0.05, 0) is 59.3 Å². The third-order valence-electron chi connectivity index (χ3n) is 3.91. The van der Waals surface area contributed by atoms with Crippen LogP contribution in [0.3, 0.4) is 0 Å². The highest BCUT2D eigenvalue weighted by atomic mass is 79.9. The fourth-order valence-corrected chi connectivity index (χ4v) is 3.02. The summed E-state index contributed by atoms with van der Waals surface area (Å²) < 4.78 is 38.9. The molecule has 1 N–H and O–H groups in total. The maximum Gasteiger partial charge on any atom is 0.416 e. The van der Waals surface area contributed by atoms with Crippen molar-refractivity contribution in [3.63, 3.8) is 0 Å². The van der Waals surface area contributed by atoms with Crippen LogP contribution in [0.4, 0.5) is 18.9 Å². The van der Waals surface area contributed by atoms with Crippen molar-refractivity contribution < 1.29 is 13.2 Å². The lowest BCUT2D eigenvalue weighted by molar-refractivity contribution is -0.137. The van der Waals surface area contributed by atoms with Crippen molar-refractivity contribution in [2.75, 3.05) is 5.32 Å². The van der Waals surface area contributed by atoms with Crippen LogP contribution in [0, 0.1) is 5.92 Å². The van der Waals surface area contributed by atoms with Crippen LogP contribution in [0.5, 0.6) is 0 Å². The lowest BCUT2D eigenvalue weighted by atomic mass is 10.0. The molecule has 1 aromatic carbocycles. The summed E-state index contributed by atoms with van der Waals surface area (Å²) >= 11 is 3.33. The van der Waals surface area contributed by atoms with Crippen molar-refractivity contribution in [3.05, 3.63) is 28.2 Å². The summed E-state index contributed by atoms with van der Waals surface area (Å²) in [5, 5.41) is 3.28. The van der Waals surface area contributed by atoms with Crippen LogP contribution < -0.4 is 5.32 Å². The van der Waals surface area contributed by atoms with Gasteiger partial charge in [-0.15, -0.1) is 0 Å². The SMILES string of the molecule is CC1CCCC(Nc2cc(C(F)(F)F)ccc2Br)CC1. The highest BCUT2D eigenvalue weighted by Crippen LogP contribution is 2.35. The monoisotopic (exact) mass is 349 g/mol. The number of benzene rings is 1. The maximum absolute atomic E-state index is 12.8. The number of rotatable bonds is 2. The molecule has 1 nitrogen and oxygen atoms in total. The van der Waals surface area contributed by atoms with Crippen LogP contribution in [-0.2, 0) is 6.18 Å². The molecule has 1 aromatic rings. The van der Waals surface area contributed by atoms with E-state index >= 15 is 0 Å². The number of hydrogen-bond donors (Lipinski definition) is 1. The molecule has 112 valence electrons. The summed E-state index contributed by atoms with van der Waals surface area (Å²) in [5.74, 6) is 0.715. The normalized spacial score (nSPS) is 24.2. The van der Waals surface area contributed by atoms with E-state index in [0.29, 0.717) is 16.1 Å². The number of alkyl halides is 3. The van der Waals surface area contributed by atoms with Gasteiger partial charge in [0.1, 0.15) is 0 Å². The molecule has 1 aliphatic carbocycles. The zero-order valence-corrected chi connectivity index (χ0v) is 13.0. The molecule has 0 bridgehead atoms. The average molecular weight is 350 g/mol. The highest BCUT2D eigenvalue weighted by molar-refractivity contribution is 9.10. The van der Waals surface area contributed by atoms with Gasteiger partial charge in [-0.2, -0.15) is 13.2 Å². The van der Waals surface area contributed by atoms with Crippen molar-refractivity contribution in [1.29, 1.82) is 0 Å². The predicted octanol–water partition coefficient (Wildman–Crippen LogP) is 5.85. The van der Waals surface area contributed by atoms with E-state index in [0.717, 1.165) is 31.7 Å². The van der Waals surface area contributed by atoms with Gasteiger partial charge in [0, 0.05) is 16.2 Å². The van der Waals surface area contributed by atoms with Crippen molar-refractivity contribution in [2.24, 2.45) is 5.92 Å².